The number of rotatable bonds is 4. The average Bonchev–Trinajstić information content (AvgIpc) is 2.85. The summed E-state index contributed by atoms with van der Waals surface area (Å²) < 4.78 is 5.69. The smallest absolute Gasteiger partial charge is 0.326 e. The first kappa shape index (κ1) is 15.4. The van der Waals surface area contributed by atoms with E-state index in [0.717, 1.165) is 17.5 Å². The molecule has 5 heteroatoms. The second-order valence-electron chi connectivity index (χ2n) is 5.61. The van der Waals surface area contributed by atoms with Gasteiger partial charge in [0, 0.05) is 6.54 Å². The van der Waals surface area contributed by atoms with Crippen molar-refractivity contribution in [3.8, 4) is 5.75 Å². The molecule has 1 saturated heterocycles. The van der Waals surface area contributed by atoms with E-state index in [9.17, 15) is 9.59 Å². The quantitative estimate of drug-likeness (QED) is 0.923. The van der Waals surface area contributed by atoms with Gasteiger partial charge in [0.05, 0.1) is 0 Å². The highest BCUT2D eigenvalue weighted by molar-refractivity contribution is 5.87. The minimum atomic E-state index is -0.945. The number of carboxylic acids is 1. The summed E-state index contributed by atoms with van der Waals surface area (Å²) in [7, 11) is 0. The maximum absolute atomic E-state index is 12.4. The van der Waals surface area contributed by atoms with E-state index in [1.54, 1.807) is 6.92 Å². The van der Waals surface area contributed by atoms with Gasteiger partial charge in [-0.3, -0.25) is 4.79 Å². The van der Waals surface area contributed by atoms with Crippen molar-refractivity contribution in [1.82, 2.24) is 4.90 Å². The van der Waals surface area contributed by atoms with E-state index < -0.39 is 18.1 Å². The van der Waals surface area contributed by atoms with Crippen molar-refractivity contribution in [2.75, 3.05) is 6.54 Å². The summed E-state index contributed by atoms with van der Waals surface area (Å²) >= 11 is 0. The van der Waals surface area contributed by atoms with Crippen LogP contribution < -0.4 is 4.74 Å². The number of hydrogen-bond acceptors (Lipinski definition) is 3. The maximum atomic E-state index is 12.4. The lowest BCUT2D eigenvalue weighted by Crippen LogP contribution is -2.46. The SMILES string of the molecule is Cc1cc(C)cc(OC(C)C(=O)N2CCCC2C(=O)O)c1. The van der Waals surface area contributed by atoms with Crippen LogP contribution >= 0.6 is 0 Å². The highest BCUT2D eigenvalue weighted by Gasteiger charge is 2.36. The number of carbonyl (C=O) groups is 2. The van der Waals surface area contributed by atoms with Gasteiger partial charge in [-0.05, 0) is 56.9 Å². The standard InChI is InChI=1S/C16H21NO4/c1-10-7-11(2)9-13(8-10)21-12(3)15(18)17-6-4-5-14(17)16(19)20/h7-9,12,14H,4-6H2,1-3H3,(H,19,20). The summed E-state index contributed by atoms with van der Waals surface area (Å²) in [5.74, 6) is -0.571. The lowest BCUT2D eigenvalue weighted by atomic mass is 10.1. The molecule has 1 amide bonds. The number of nitrogens with zero attached hydrogens (tertiary/aromatic N) is 1. The summed E-state index contributed by atoms with van der Waals surface area (Å²) in [6, 6.07) is 5.05. The summed E-state index contributed by atoms with van der Waals surface area (Å²) in [6.45, 7) is 6.08. The minimum Gasteiger partial charge on any atom is -0.481 e. The molecule has 2 unspecified atom stereocenters. The fourth-order valence-corrected chi connectivity index (χ4v) is 2.78. The summed E-state index contributed by atoms with van der Waals surface area (Å²) in [4.78, 5) is 24.9. The zero-order valence-electron chi connectivity index (χ0n) is 12.6. The molecule has 1 heterocycles. The van der Waals surface area contributed by atoms with Crippen molar-refractivity contribution in [2.45, 2.75) is 45.8 Å². The van der Waals surface area contributed by atoms with Gasteiger partial charge in [0.25, 0.3) is 5.91 Å². The van der Waals surface area contributed by atoms with Crippen LogP contribution in [0.2, 0.25) is 0 Å². The molecule has 0 spiro atoms. The molecule has 21 heavy (non-hydrogen) atoms. The lowest BCUT2D eigenvalue weighted by Gasteiger charge is -2.25. The zero-order chi connectivity index (χ0) is 15.6. The van der Waals surface area contributed by atoms with Gasteiger partial charge in [0.1, 0.15) is 11.8 Å². The van der Waals surface area contributed by atoms with Gasteiger partial charge in [-0.25, -0.2) is 4.79 Å². The monoisotopic (exact) mass is 291 g/mol. The van der Waals surface area contributed by atoms with Crippen molar-refractivity contribution < 1.29 is 19.4 Å². The van der Waals surface area contributed by atoms with Crippen LogP contribution in [-0.2, 0) is 9.59 Å². The molecular formula is C16H21NO4. The maximum Gasteiger partial charge on any atom is 0.326 e. The Labute approximate surface area is 124 Å². The fraction of sp³-hybridized carbons (Fsp3) is 0.500. The Balaban J connectivity index is 2.07. The molecule has 1 fully saturated rings. The summed E-state index contributed by atoms with van der Waals surface area (Å²) in [5.41, 5.74) is 2.13. The normalized spacial score (nSPS) is 19.4. The largest absolute Gasteiger partial charge is 0.481 e. The Bertz CT molecular complexity index is 535. The molecule has 1 N–H and O–H groups in total. The lowest BCUT2D eigenvalue weighted by molar-refractivity contribution is -0.150. The molecular weight excluding hydrogens is 270 g/mol. The van der Waals surface area contributed by atoms with E-state index in [1.165, 1.54) is 4.90 Å². The third kappa shape index (κ3) is 3.54. The Kier molecular flexibility index (Phi) is 4.50. The van der Waals surface area contributed by atoms with Crippen LogP contribution in [0.3, 0.4) is 0 Å². The number of carbonyl (C=O) groups excluding carboxylic acids is 1. The van der Waals surface area contributed by atoms with Crippen molar-refractivity contribution in [2.24, 2.45) is 0 Å². The molecule has 2 rings (SSSR count). The second-order valence-corrected chi connectivity index (χ2v) is 5.61. The van der Waals surface area contributed by atoms with Crippen LogP contribution in [0.1, 0.15) is 30.9 Å². The Morgan fingerprint density at radius 2 is 1.90 bits per heavy atom. The molecule has 0 bridgehead atoms. The number of carboxylic acid groups (broad SMARTS) is 1. The van der Waals surface area contributed by atoms with Gasteiger partial charge >= 0.3 is 5.97 Å². The van der Waals surface area contributed by atoms with Crippen molar-refractivity contribution >= 4 is 11.9 Å². The molecule has 0 aliphatic carbocycles. The Morgan fingerprint density at radius 3 is 2.48 bits per heavy atom. The number of aliphatic carboxylic acids is 1. The Hall–Kier alpha value is -2.04. The molecule has 1 aliphatic rings. The summed E-state index contributed by atoms with van der Waals surface area (Å²) in [6.07, 6.45) is 0.544. The van der Waals surface area contributed by atoms with E-state index in [2.05, 4.69) is 0 Å². The number of aryl methyl sites for hydroxylation is 2. The predicted molar refractivity (Wildman–Crippen MR) is 78.4 cm³/mol. The molecule has 114 valence electrons. The highest BCUT2D eigenvalue weighted by Crippen LogP contribution is 2.22. The molecule has 0 radical (unpaired) electrons. The first-order valence-corrected chi connectivity index (χ1v) is 7.16. The molecule has 2 atom stereocenters. The topological polar surface area (TPSA) is 66.8 Å². The van der Waals surface area contributed by atoms with Crippen LogP contribution in [0.4, 0.5) is 0 Å². The van der Waals surface area contributed by atoms with Gasteiger partial charge in [-0.1, -0.05) is 6.07 Å². The number of benzene rings is 1. The van der Waals surface area contributed by atoms with Gasteiger partial charge in [-0.2, -0.15) is 0 Å². The Morgan fingerprint density at radius 1 is 1.29 bits per heavy atom. The van der Waals surface area contributed by atoms with E-state index in [-0.39, 0.29) is 5.91 Å². The van der Waals surface area contributed by atoms with E-state index in [0.29, 0.717) is 18.7 Å². The minimum absolute atomic E-state index is 0.265. The number of likely N-dealkylation sites (tertiary alicyclic amines) is 1. The molecule has 1 aliphatic heterocycles. The average molecular weight is 291 g/mol. The first-order chi connectivity index (χ1) is 9.88. The second kappa shape index (κ2) is 6.16. The number of hydrogen-bond donors (Lipinski definition) is 1. The molecule has 1 aromatic rings. The summed E-state index contributed by atoms with van der Waals surface area (Å²) in [5, 5.41) is 9.14. The highest BCUT2D eigenvalue weighted by atomic mass is 16.5. The van der Waals surface area contributed by atoms with Crippen molar-refractivity contribution in [3.05, 3.63) is 29.3 Å². The van der Waals surface area contributed by atoms with Crippen LogP contribution in [0.25, 0.3) is 0 Å². The van der Waals surface area contributed by atoms with Gasteiger partial charge in [0.2, 0.25) is 0 Å². The first-order valence-electron chi connectivity index (χ1n) is 7.16. The molecule has 0 saturated carbocycles. The van der Waals surface area contributed by atoms with Crippen LogP contribution in [-0.4, -0.2) is 40.6 Å². The van der Waals surface area contributed by atoms with Gasteiger partial charge in [0.15, 0.2) is 6.10 Å². The van der Waals surface area contributed by atoms with Crippen molar-refractivity contribution in [1.29, 1.82) is 0 Å². The van der Waals surface area contributed by atoms with E-state index in [4.69, 9.17) is 9.84 Å². The van der Waals surface area contributed by atoms with Gasteiger partial charge in [-0.15, -0.1) is 0 Å². The van der Waals surface area contributed by atoms with Crippen molar-refractivity contribution in [3.63, 3.8) is 0 Å². The number of amides is 1. The third-order valence-electron chi connectivity index (χ3n) is 3.68. The van der Waals surface area contributed by atoms with Gasteiger partial charge < -0.3 is 14.7 Å². The van der Waals surface area contributed by atoms with E-state index in [1.807, 2.05) is 32.0 Å². The van der Waals surface area contributed by atoms with Crippen LogP contribution in [0, 0.1) is 13.8 Å². The third-order valence-corrected chi connectivity index (χ3v) is 3.68. The van der Waals surface area contributed by atoms with Crippen LogP contribution in [0.5, 0.6) is 5.75 Å². The predicted octanol–water partition coefficient (Wildman–Crippen LogP) is 2.15. The van der Waals surface area contributed by atoms with Crippen LogP contribution in [0.15, 0.2) is 18.2 Å². The zero-order valence-corrected chi connectivity index (χ0v) is 12.6. The molecule has 5 nitrogen and oxygen atoms in total. The van der Waals surface area contributed by atoms with E-state index >= 15 is 0 Å². The fourth-order valence-electron chi connectivity index (χ4n) is 2.78. The molecule has 0 aromatic heterocycles. The molecule has 1 aromatic carbocycles. The number of ether oxygens (including phenoxy) is 1.